The molecule has 1 saturated carbocycles. The molecule has 2 fully saturated rings. The van der Waals surface area contributed by atoms with Crippen LogP contribution in [0.4, 0.5) is 4.79 Å². The van der Waals surface area contributed by atoms with Gasteiger partial charge in [0.05, 0.1) is 16.7 Å². The fourth-order valence-electron chi connectivity index (χ4n) is 4.69. The molecule has 31 heavy (non-hydrogen) atoms. The van der Waals surface area contributed by atoms with Crippen LogP contribution in [0.3, 0.4) is 0 Å². The number of pyridine rings is 2. The number of likely N-dealkylation sites (tertiary alicyclic amines) is 1. The maximum Gasteiger partial charge on any atom is 0.410 e. The number of hydrogen-bond acceptors (Lipinski definition) is 5. The molecule has 2 aliphatic rings. The van der Waals surface area contributed by atoms with Gasteiger partial charge in [-0.2, -0.15) is 0 Å². The Hall–Kier alpha value is -2.70. The van der Waals surface area contributed by atoms with E-state index >= 15 is 0 Å². The minimum absolute atomic E-state index is 0.0212. The maximum atomic E-state index is 13.1. The molecule has 2 aromatic rings. The maximum absolute atomic E-state index is 13.1. The lowest BCUT2D eigenvalue weighted by Crippen LogP contribution is -2.44. The highest BCUT2D eigenvalue weighted by Gasteiger charge is 2.61. The molecule has 7 heteroatoms. The van der Waals surface area contributed by atoms with E-state index in [1.54, 1.807) is 11.1 Å². The first kappa shape index (κ1) is 21.5. The van der Waals surface area contributed by atoms with Gasteiger partial charge in [0.25, 0.3) is 0 Å². The Morgan fingerprint density at radius 2 is 1.77 bits per heavy atom. The van der Waals surface area contributed by atoms with Crippen LogP contribution < -0.4 is 5.32 Å². The summed E-state index contributed by atoms with van der Waals surface area (Å²) >= 11 is 0. The van der Waals surface area contributed by atoms with E-state index < -0.39 is 11.1 Å². The monoisotopic (exact) mass is 424 g/mol. The average molecular weight is 425 g/mol. The Morgan fingerprint density at radius 1 is 1.13 bits per heavy atom. The molecule has 0 bridgehead atoms. The van der Waals surface area contributed by atoms with Crippen LogP contribution in [0.15, 0.2) is 18.3 Å². The molecule has 3 atom stereocenters. The molecular weight excluding hydrogens is 392 g/mol. The lowest BCUT2D eigenvalue weighted by atomic mass is 9.95. The van der Waals surface area contributed by atoms with Crippen molar-refractivity contribution in [1.29, 1.82) is 0 Å². The minimum atomic E-state index is -0.663. The van der Waals surface area contributed by atoms with E-state index in [0.717, 1.165) is 27.9 Å². The fraction of sp³-hybridized carbons (Fsp3) is 0.583. The third-order valence-corrected chi connectivity index (χ3v) is 6.25. The summed E-state index contributed by atoms with van der Waals surface area (Å²) in [7, 11) is 0. The van der Waals surface area contributed by atoms with Gasteiger partial charge in [0, 0.05) is 36.3 Å². The highest BCUT2D eigenvalue weighted by molar-refractivity contribution is 5.87. The van der Waals surface area contributed by atoms with Crippen LogP contribution >= 0.6 is 0 Å². The quantitative estimate of drug-likeness (QED) is 0.812. The van der Waals surface area contributed by atoms with Crippen molar-refractivity contribution in [3.8, 4) is 0 Å². The second-order valence-corrected chi connectivity index (χ2v) is 10.5. The topological polar surface area (TPSA) is 84.4 Å². The summed E-state index contributed by atoms with van der Waals surface area (Å²) in [5.41, 5.74) is 2.46. The molecule has 3 heterocycles. The summed E-state index contributed by atoms with van der Waals surface area (Å²) in [6.07, 6.45) is 1.49. The standard InChI is InChI=1S/C24H32N4O3/c1-13-8-9-25-19-15(13)10-14(2)26-20(19)24(6,7)27-21(29)18-16-11-28(12-17(16)18)22(30)31-23(3,4)5/h8-10,16-18H,11-12H2,1-7H3,(H,27,29)/t16-,17+,18+. The number of ether oxygens (including phenoxy) is 1. The van der Waals surface area contributed by atoms with Crippen molar-refractivity contribution in [3.05, 3.63) is 35.3 Å². The lowest BCUT2D eigenvalue weighted by molar-refractivity contribution is -0.125. The van der Waals surface area contributed by atoms with E-state index in [0.29, 0.717) is 13.1 Å². The molecule has 1 N–H and O–H groups in total. The molecule has 0 spiro atoms. The molecular formula is C24H32N4O3. The fourth-order valence-corrected chi connectivity index (χ4v) is 4.69. The van der Waals surface area contributed by atoms with Gasteiger partial charge >= 0.3 is 6.09 Å². The van der Waals surface area contributed by atoms with Crippen LogP contribution in [0.2, 0.25) is 0 Å². The van der Waals surface area contributed by atoms with Gasteiger partial charge in [-0.3, -0.25) is 14.8 Å². The average Bonchev–Trinajstić information content (AvgIpc) is 3.14. The molecule has 0 aromatic carbocycles. The van der Waals surface area contributed by atoms with E-state index in [-0.39, 0.29) is 29.8 Å². The summed E-state index contributed by atoms with van der Waals surface area (Å²) in [6, 6.07) is 4.02. The number of nitrogens with zero attached hydrogens (tertiary/aromatic N) is 3. The SMILES string of the molecule is Cc1cc2c(C)ccnc2c(C(C)(C)NC(=O)[C@H]2[C@@H]3CN(C(=O)OC(C)(C)C)C[C@@H]32)n1. The second-order valence-electron chi connectivity index (χ2n) is 10.5. The van der Waals surface area contributed by atoms with E-state index in [4.69, 9.17) is 9.72 Å². The Morgan fingerprint density at radius 3 is 2.39 bits per heavy atom. The zero-order chi connectivity index (χ0) is 22.7. The molecule has 1 aliphatic heterocycles. The third-order valence-electron chi connectivity index (χ3n) is 6.25. The van der Waals surface area contributed by atoms with Crippen LogP contribution in [0.5, 0.6) is 0 Å². The van der Waals surface area contributed by atoms with Crippen molar-refractivity contribution < 1.29 is 14.3 Å². The van der Waals surface area contributed by atoms with E-state index in [1.807, 2.05) is 53.7 Å². The Kier molecular flexibility index (Phi) is 4.98. The van der Waals surface area contributed by atoms with Gasteiger partial charge in [-0.1, -0.05) is 0 Å². The Balaban J connectivity index is 1.46. The van der Waals surface area contributed by atoms with Gasteiger partial charge in [-0.05, 0) is 78.0 Å². The molecule has 166 valence electrons. The summed E-state index contributed by atoms with van der Waals surface area (Å²) < 4.78 is 5.46. The van der Waals surface area contributed by atoms with Crippen molar-refractivity contribution in [2.24, 2.45) is 17.8 Å². The van der Waals surface area contributed by atoms with Gasteiger partial charge in [-0.15, -0.1) is 0 Å². The predicted molar refractivity (Wildman–Crippen MR) is 118 cm³/mol. The van der Waals surface area contributed by atoms with Gasteiger partial charge in [0.15, 0.2) is 0 Å². The normalized spacial score (nSPS) is 22.9. The number of carbonyl (C=O) groups is 2. The molecule has 0 unspecified atom stereocenters. The van der Waals surface area contributed by atoms with Gasteiger partial charge in [0.1, 0.15) is 5.60 Å². The second kappa shape index (κ2) is 7.18. The smallest absolute Gasteiger partial charge is 0.410 e. The van der Waals surface area contributed by atoms with Crippen LogP contribution in [0, 0.1) is 31.6 Å². The van der Waals surface area contributed by atoms with E-state index in [1.165, 1.54) is 0 Å². The highest BCUT2D eigenvalue weighted by atomic mass is 16.6. The lowest BCUT2D eigenvalue weighted by Gasteiger charge is -2.29. The molecule has 2 aromatic heterocycles. The molecule has 4 rings (SSSR count). The number of rotatable bonds is 3. The van der Waals surface area contributed by atoms with Gasteiger partial charge in [-0.25, -0.2) is 4.79 Å². The van der Waals surface area contributed by atoms with Crippen LogP contribution in [-0.2, 0) is 15.1 Å². The van der Waals surface area contributed by atoms with Crippen LogP contribution in [0.1, 0.15) is 51.6 Å². The van der Waals surface area contributed by atoms with Gasteiger partial charge < -0.3 is 15.0 Å². The summed E-state index contributed by atoms with van der Waals surface area (Å²) in [6.45, 7) is 14.7. The molecule has 0 radical (unpaired) electrons. The van der Waals surface area contributed by atoms with Crippen molar-refractivity contribution in [3.63, 3.8) is 0 Å². The zero-order valence-corrected chi connectivity index (χ0v) is 19.4. The number of nitrogens with one attached hydrogen (secondary N) is 1. The van der Waals surface area contributed by atoms with Gasteiger partial charge in [0.2, 0.25) is 5.91 Å². The highest BCUT2D eigenvalue weighted by Crippen LogP contribution is 2.52. The van der Waals surface area contributed by atoms with Crippen LogP contribution in [-0.4, -0.2) is 45.6 Å². The first-order valence-electron chi connectivity index (χ1n) is 10.9. The summed E-state index contributed by atoms with van der Waals surface area (Å²) in [5, 5.41) is 4.27. The largest absolute Gasteiger partial charge is 0.444 e. The first-order valence-corrected chi connectivity index (χ1v) is 10.9. The molecule has 7 nitrogen and oxygen atoms in total. The number of carbonyl (C=O) groups excluding carboxylic acids is 2. The number of amides is 2. The molecule has 1 saturated heterocycles. The molecule has 1 aliphatic carbocycles. The van der Waals surface area contributed by atoms with Crippen molar-refractivity contribution in [1.82, 2.24) is 20.2 Å². The first-order chi connectivity index (χ1) is 14.4. The van der Waals surface area contributed by atoms with E-state index in [9.17, 15) is 9.59 Å². The minimum Gasteiger partial charge on any atom is -0.444 e. The molecule has 2 amide bonds. The Labute approximate surface area is 183 Å². The van der Waals surface area contributed by atoms with Crippen molar-refractivity contribution in [2.45, 2.75) is 59.6 Å². The zero-order valence-electron chi connectivity index (χ0n) is 19.4. The van der Waals surface area contributed by atoms with Crippen LogP contribution in [0.25, 0.3) is 10.9 Å². The van der Waals surface area contributed by atoms with Crippen molar-refractivity contribution in [2.75, 3.05) is 13.1 Å². The van der Waals surface area contributed by atoms with Crippen molar-refractivity contribution >= 4 is 22.9 Å². The Bertz CT molecular complexity index is 1040. The van der Waals surface area contributed by atoms with E-state index in [2.05, 4.69) is 17.2 Å². The number of fused-ring (bicyclic) bond motifs is 2. The number of hydrogen-bond donors (Lipinski definition) is 1. The number of aromatic nitrogens is 2. The number of aryl methyl sites for hydroxylation is 2. The predicted octanol–water partition coefficient (Wildman–Crippen LogP) is 3.71. The summed E-state index contributed by atoms with van der Waals surface area (Å²) in [4.78, 5) is 36.4. The summed E-state index contributed by atoms with van der Waals surface area (Å²) in [5.74, 6) is 0.355. The number of piperidine rings is 1. The third kappa shape index (κ3) is 4.10.